The SMILES string of the molecule is Cc1ccc(C)c(-n2c(-c3cccs3)n[nH]c2=S)c1. The minimum Gasteiger partial charge on any atom is -0.267 e. The van der Waals surface area contributed by atoms with Gasteiger partial charge in [-0.1, -0.05) is 18.2 Å². The van der Waals surface area contributed by atoms with Crippen LogP contribution in [0.1, 0.15) is 11.1 Å². The summed E-state index contributed by atoms with van der Waals surface area (Å²) in [6.45, 7) is 4.17. The van der Waals surface area contributed by atoms with E-state index in [1.807, 2.05) is 16.0 Å². The Kier molecular flexibility index (Phi) is 3.08. The molecule has 5 heteroatoms. The predicted molar refractivity (Wildman–Crippen MR) is 81.5 cm³/mol. The summed E-state index contributed by atoms with van der Waals surface area (Å²) in [5.41, 5.74) is 3.48. The van der Waals surface area contributed by atoms with E-state index in [1.54, 1.807) is 11.3 Å². The molecule has 0 aliphatic heterocycles. The van der Waals surface area contributed by atoms with Gasteiger partial charge in [0.15, 0.2) is 10.6 Å². The first-order chi connectivity index (χ1) is 9.16. The highest BCUT2D eigenvalue weighted by Gasteiger charge is 2.13. The molecule has 0 bridgehead atoms. The summed E-state index contributed by atoms with van der Waals surface area (Å²) in [5.74, 6) is 0.869. The summed E-state index contributed by atoms with van der Waals surface area (Å²) < 4.78 is 2.63. The van der Waals surface area contributed by atoms with Gasteiger partial charge in [0.05, 0.1) is 10.6 Å². The van der Waals surface area contributed by atoms with E-state index in [1.165, 1.54) is 11.1 Å². The lowest BCUT2D eigenvalue weighted by atomic mass is 10.1. The highest BCUT2D eigenvalue weighted by Crippen LogP contribution is 2.27. The van der Waals surface area contributed by atoms with E-state index >= 15 is 0 Å². The summed E-state index contributed by atoms with van der Waals surface area (Å²) in [6, 6.07) is 10.4. The Morgan fingerprint density at radius 2 is 2.11 bits per heavy atom. The third-order valence-corrected chi connectivity index (χ3v) is 4.16. The Morgan fingerprint density at radius 3 is 2.84 bits per heavy atom. The highest BCUT2D eigenvalue weighted by atomic mass is 32.1. The molecule has 3 rings (SSSR count). The molecule has 0 aliphatic rings. The van der Waals surface area contributed by atoms with Crippen molar-refractivity contribution in [2.24, 2.45) is 0 Å². The van der Waals surface area contributed by atoms with Crippen molar-refractivity contribution < 1.29 is 0 Å². The van der Waals surface area contributed by atoms with Crippen LogP contribution in [0.4, 0.5) is 0 Å². The largest absolute Gasteiger partial charge is 0.267 e. The molecule has 96 valence electrons. The molecular weight excluding hydrogens is 274 g/mol. The van der Waals surface area contributed by atoms with Gasteiger partial charge in [0, 0.05) is 0 Å². The van der Waals surface area contributed by atoms with Crippen LogP contribution >= 0.6 is 23.6 Å². The highest BCUT2D eigenvalue weighted by molar-refractivity contribution is 7.71. The van der Waals surface area contributed by atoms with Crippen molar-refractivity contribution in [2.45, 2.75) is 13.8 Å². The average molecular weight is 287 g/mol. The lowest BCUT2D eigenvalue weighted by Crippen LogP contribution is -2.00. The summed E-state index contributed by atoms with van der Waals surface area (Å²) in [7, 11) is 0. The van der Waals surface area contributed by atoms with Gasteiger partial charge in [-0.15, -0.1) is 11.3 Å². The van der Waals surface area contributed by atoms with Crippen LogP contribution in [0.5, 0.6) is 0 Å². The molecule has 1 N–H and O–H groups in total. The molecule has 0 unspecified atom stereocenters. The van der Waals surface area contributed by atoms with Gasteiger partial charge in [0.2, 0.25) is 0 Å². The normalized spacial score (nSPS) is 10.8. The van der Waals surface area contributed by atoms with Gasteiger partial charge < -0.3 is 0 Å². The number of aryl methyl sites for hydroxylation is 2. The zero-order chi connectivity index (χ0) is 13.4. The standard InChI is InChI=1S/C14H13N3S2/c1-9-5-6-10(2)11(8-9)17-13(15-16-14(17)18)12-4-3-7-19-12/h3-8H,1-2H3,(H,16,18). The molecule has 19 heavy (non-hydrogen) atoms. The van der Waals surface area contributed by atoms with E-state index in [-0.39, 0.29) is 0 Å². The molecule has 3 aromatic rings. The second-order valence-corrected chi connectivity index (χ2v) is 5.79. The number of nitrogens with zero attached hydrogens (tertiary/aromatic N) is 2. The fourth-order valence-electron chi connectivity index (χ4n) is 2.05. The number of H-pyrrole nitrogens is 1. The Labute approximate surface area is 120 Å². The van der Waals surface area contributed by atoms with E-state index in [2.05, 4.69) is 48.3 Å². The van der Waals surface area contributed by atoms with Crippen LogP contribution in [0.25, 0.3) is 16.4 Å². The van der Waals surface area contributed by atoms with Gasteiger partial charge in [-0.05, 0) is 54.7 Å². The van der Waals surface area contributed by atoms with E-state index in [0.29, 0.717) is 4.77 Å². The van der Waals surface area contributed by atoms with Crippen LogP contribution in [0.3, 0.4) is 0 Å². The second kappa shape index (κ2) is 4.75. The van der Waals surface area contributed by atoms with Gasteiger partial charge in [0.25, 0.3) is 0 Å². The number of aromatic amines is 1. The minimum atomic E-state index is 0.622. The van der Waals surface area contributed by atoms with Crippen LogP contribution in [-0.2, 0) is 0 Å². The van der Waals surface area contributed by atoms with E-state index in [0.717, 1.165) is 16.4 Å². The summed E-state index contributed by atoms with van der Waals surface area (Å²) >= 11 is 7.04. The molecule has 2 aromatic heterocycles. The van der Waals surface area contributed by atoms with Crippen LogP contribution in [-0.4, -0.2) is 14.8 Å². The number of hydrogen-bond acceptors (Lipinski definition) is 3. The molecule has 0 atom stereocenters. The van der Waals surface area contributed by atoms with Gasteiger partial charge >= 0.3 is 0 Å². The fraction of sp³-hybridized carbons (Fsp3) is 0.143. The van der Waals surface area contributed by atoms with E-state index in [4.69, 9.17) is 12.2 Å². The van der Waals surface area contributed by atoms with Crippen LogP contribution in [0.2, 0.25) is 0 Å². The maximum absolute atomic E-state index is 5.38. The van der Waals surface area contributed by atoms with Crippen molar-refractivity contribution in [3.05, 3.63) is 51.6 Å². The van der Waals surface area contributed by atoms with Crippen molar-refractivity contribution in [3.8, 4) is 16.4 Å². The molecule has 0 spiro atoms. The fourth-order valence-corrected chi connectivity index (χ4v) is 2.99. The van der Waals surface area contributed by atoms with Crippen molar-refractivity contribution >= 4 is 23.6 Å². The molecule has 3 nitrogen and oxygen atoms in total. The molecule has 2 heterocycles. The van der Waals surface area contributed by atoms with E-state index < -0.39 is 0 Å². The van der Waals surface area contributed by atoms with E-state index in [9.17, 15) is 0 Å². The number of benzene rings is 1. The topological polar surface area (TPSA) is 33.6 Å². The quantitative estimate of drug-likeness (QED) is 0.714. The summed E-state index contributed by atoms with van der Waals surface area (Å²) in [6.07, 6.45) is 0. The molecule has 0 saturated carbocycles. The molecule has 0 amide bonds. The number of nitrogens with one attached hydrogen (secondary N) is 1. The molecular formula is C14H13N3S2. The Morgan fingerprint density at radius 1 is 1.26 bits per heavy atom. The number of rotatable bonds is 2. The third kappa shape index (κ3) is 2.15. The molecule has 1 aromatic carbocycles. The summed E-state index contributed by atoms with van der Waals surface area (Å²) in [4.78, 5) is 1.10. The first kappa shape index (κ1) is 12.3. The van der Waals surface area contributed by atoms with Crippen molar-refractivity contribution in [1.82, 2.24) is 14.8 Å². The smallest absolute Gasteiger partial charge is 0.200 e. The average Bonchev–Trinajstić information content (AvgIpc) is 3.01. The summed E-state index contributed by atoms with van der Waals surface area (Å²) in [5, 5.41) is 9.30. The van der Waals surface area contributed by atoms with Gasteiger partial charge in [-0.25, -0.2) is 0 Å². The number of aromatic nitrogens is 3. The first-order valence-corrected chi connectivity index (χ1v) is 7.24. The molecule has 0 saturated heterocycles. The minimum absolute atomic E-state index is 0.622. The maximum Gasteiger partial charge on any atom is 0.200 e. The third-order valence-electron chi connectivity index (χ3n) is 3.02. The second-order valence-electron chi connectivity index (χ2n) is 4.46. The molecule has 0 radical (unpaired) electrons. The number of thiophene rings is 1. The zero-order valence-corrected chi connectivity index (χ0v) is 12.3. The van der Waals surface area contributed by atoms with Gasteiger partial charge in [-0.3, -0.25) is 9.67 Å². The van der Waals surface area contributed by atoms with Gasteiger partial charge in [-0.2, -0.15) is 5.10 Å². The lowest BCUT2D eigenvalue weighted by Gasteiger charge is -2.10. The Balaban J connectivity index is 2.29. The van der Waals surface area contributed by atoms with Crippen LogP contribution in [0, 0.1) is 18.6 Å². The predicted octanol–water partition coefficient (Wildman–Crippen LogP) is 4.28. The van der Waals surface area contributed by atoms with Crippen molar-refractivity contribution in [2.75, 3.05) is 0 Å². The number of hydrogen-bond donors (Lipinski definition) is 1. The van der Waals surface area contributed by atoms with Gasteiger partial charge in [0.1, 0.15) is 0 Å². The lowest BCUT2D eigenvalue weighted by molar-refractivity contribution is 1.02. The maximum atomic E-state index is 5.38. The van der Waals surface area contributed by atoms with Crippen LogP contribution < -0.4 is 0 Å². The zero-order valence-electron chi connectivity index (χ0n) is 10.7. The Hall–Kier alpha value is -1.72. The van der Waals surface area contributed by atoms with Crippen molar-refractivity contribution in [1.29, 1.82) is 0 Å². The van der Waals surface area contributed by atoms with Crippen LogP contribution in [0.15, 0.2) is 35.7 Å². The Bertz CT molecular complexity index is 766. The molecule has 0 aliphatic carbocycles. The monoisotopic (exact) mass is 287 g/mol. The first-order valence-electron chi connectivity index (χ1n) is 5.96. The van der Waals surface area contributed by atoms with Crippen molar-refractivity contribution in [3.63, 3.8) is 0 Å². The molecule has 0 fully saturated rings.